The average Bonchev–Trinajstić information content (AvgIpc) is 2.81. The second-order valence-corrected chi connectivity index (χ2v) is 5.29. The van der Waals surface area contributed by atoms with Crippen LogP contribution in [-0.2, 0) is 6.42 Å². The summed E-state index contributed by atoms with van der Waals surface area (Å²) in [5, 5.41) is 0.857. The van der Waals surface area contributed by atoms with Crippen molar-refractivity contribution < 1.29 is 0 Å². The first-order valence-corrected chi connectivity index (χ1v) is 7.37. The Bertz CT molecular complexity index is 426. The highest BCUT2D eigenvalue weighted by atomic mass is 32.2. The van der Waals surface area contributed by atoms with E-state index in [1.54, 1.807) is 11.8 Å². The molecular formula is C14H19N3S. The molecule has 18 heavy (non-hydrogen) atoms. The molecule has 0 radical (unpaired) electrons. The zero-order chi connectivity index (χ0) is 12.6. The second kappa shape index (κ2) is 7.21. The maximum absolute atomic E-state index is 5.59. The van der Waals surface area contributed by atoms with Gasteiger partial charge in [0.2, 0.25) is 0 Å². The SMILES string of the molecule is NC1=NC(=NCCCCCc2ccccc2)SC1. The molecule has 3 nitrogen and oxygen atoms in total. The van der Waals surface area contributed by atoms with E-state index in [9.17, 15) is 0 Å². The Morgan fingerprint density at radius 3 is 2.72 bits per heavy atom. The summed E-state index contributed by atoms with van der Waals surface area (Å²) in [6.07, 6.45) is 4.74. The van der Waals surface area contributed by atoms with Crippen molar-refractivity contribution in [2.45, 2.75) is 25.7 Å². The largest absolute Gasteiger partial charge is 0.386 e. The Kier molecular flexibility index (Phi) is 5.27. The summed E-state index contributed by atoms with van der Waals surface area (Å²) in [6.45, 7) is 0.869. The molecule has 2 N–H and O–H groups in total. The van der Waals surface area contributed by atoms with E-state index in [-0.39, 0.29) is 0 Å². The van der Waals surface area contributed by atoms with Gasteiger partial charge in [0, 0.05) is 6.54 Å². The highest BCUT2D eigenvalue weighted by Gasteiger charge is 2.08. The van der Waals surface area contributed by atoms with Gasteiger partial charge < -0.3 is 5.73 Å². The molecule has 0 atom stereocenters. The molecule has 0 fully saturated rings. The van der Waals surface area contributed by atoms with Gasteiger partial charge in [0.05, 0.1) is 5.75 Å². The lowest BCUT2D eigenvalue weighted by Gasteiger charge is -2.00. The van der Waals surface area contributed by atoms with Gasteiger partial charge in [0.15, 0.2) is 5.17 Å². The summed E-state index contributed by atoms with van der Waals surface area (Å²) in [6, 6.07) is 10.6. The number of unbranched alkanes of at least 4 members (excludes halogenated alkanes) is 2. The van der Waals surface area contributed by atoms with E-state index >= 15 is 0 Å². The number of aliphatic imine (C=N–C) groups is 2. The Labute approximate surface area is 113 Å². The van der Waals surface area contributed by atoms with Crippen LogP contribution in [0.3, 0.4) is 0 Å². The minimum atomic E-state index is 0.697. The average molecular weight is 261 g/mol. The van der Waals surface area contributed by atoms with Crippen LogP contribution >= 0.6 is 11.8 Å². The molecule has 1 aliphatic heterocycles. The standard InChI is InChI=1S/C14H19N3S/c15-13-11-18-14(17-13)16-10-6-2-5-9-12-7-3-1-4-8-12/h1,3-4,7-8H,2,5-6,9-11H2,(H2,15,16,17). The van der Waals surface area contributed by atoms with Crippen LogP contribution in [0.25, 0.3) is 0 Å². The molecule has 96 valence electrons. The summed E-state index contributed by atoms with van der Waals surface area (Å²) >= 11 is 1.63. The minimum absolute atomic E-state index is 0.697. The first kappa shape index (κ1) is 13.1. The fraction of sp³-hybridized carbons (Fsp3) is 0.429. The van der Waals surface area contributed by atoms with Crippen LogP contribution < -0.4 is 5.73 Å². The number of aryl methyl sites for hydroxylation is 1. The lowest BCUT2D eigenvalue weighted by Crippen LogP contribution is -2.09. The topological polar surface area (TPSA) is 50.7 Å². The number of nitrogens with two attached hydrogens (primary N) is 1. The van der Waals surface area contributed by atoms with Gasteiger partial charge in [-0.25, -0.2) is 4.99 Å². The number of hydrogen-bond donors (Lipinski definition) is 1. The quantitative estimate of drug-likeness (QED) is 0.801. The molecule has 1 aromatic rings. The molecule has 0 bridgehead atoms. The van der Waals surface area contributed by atoms with E-state index < -0.39 is 0 Å². The van der Waals surface area contributed by atoms with Crippen molar-refractivity contribution in [2.24, 2.45) is 15.7 Å². The molecule has 0 unspecified atom stereocenters. The van der Waals surface area contributed by atoms with Crippen LogP contribution in [0.4, 0.5) is 0 Å². The highest BCUT2D eigenvalue weighted by molar-refractivity contribution is 8.14. The normalized spacial score (nSPS) is 17.1. The predicted octanol–water partition coefficient (Wildman–Crippen LogP) is 2.86. The molecule has 0 amide bonds. The first-order chi connectivity index (χ1) is 8.84. The van der Waals surface area contributed by atoms with Crippen molar-refractivity contribution in [1.29, 1.82) is 0 Å². The summed E-state index contributed by atoms with van der Waals surface area (Å²) in [4.78, 5) is 8.59. The van der Waals surface area contributed by atoms with E-state index in [4.69, 9.17) is 5.73 Å². The monoisotopic (exact) mass is 261 g/mol. The maximum atomic E-state index is 5.59. The fourth-order valence-electron chi connectivity index (χ4n) is 1.84. The van der Waals surface area contributed by atoms with Gasteiger partial charge in [-0.1, -0.05) is 48.5 Å². The van der Waals surface area contributed by atoms with Gasteiger partial charge in [0.1, 0.15) is 5.84 Å². The number of benzene rings is 1. The van der Waals surface area contributed by atoms with E-state index in [1.165, 1.54) is 18.4 Å². The van der Waals surface area contributed by atoms with Gasteiger partial charge in [-0.15, -0.1) is 0 Å². The van der Waals surface area contributed by atoms with Crippen LogP contribution in [-0.4, -0.2) is 23.3 Å². The summed E-state index contributed by atoms with van der Waals surface area (Å²) in [5.41, 5.74) is 7.01. The van der Waals surface area contributed by atoms with Crippen molar-refractivity contribution >= 4 is 22.8 Å². The molecule has 0 aromatic heterocycles. The Hall–Kier alpha value is -1.29. The molecule has 0 aliphatic carbocycles. The molecule has 1 aliphatic rings. The van der Waals surface area contributed by atoms with Gasteiger partial charge >= 0.3 is 0 Å². The number of thioether (sulfide) groups is 1. The lowest BCUT2D eigenvalue weighted by molar-refractivity contribution is 0.687. The highest BCUT2D eigenvalue weighted by Crippen LogP contribution is 2.13. The van der Waals surface area contributed by atoms with E-state index in [0.717, 1.165) is 30.3 Å². The first-order valence-electron chi connectivity index (χ1n) is 6.39. The Morgan fingerprint density at radius 1 is 1.17 bits per heavy atom. The van der Waals surface area contributed by atoms with Crippen molar-refractivity contribution in [3.05, 3.63) is 35.9 Å². The Balaban J connectivity index is 1.57. The third-order valence-corrected chi connectivity index (χ3v) is 3.72. The van der Waals surface area contributed by atoms with E-state index in [2.05, 4.69) is 40.3 Å². The number of hydrogen-bond acceptors (Lipinski definition) is 3. The van der Waals surface area contributed by atoms with Crippen LogP contribution in [0.2, 0.25) is 0 Å². The number of nitrogens with zero attached hydrogens (tertiary/aromatic N) is 2. The van der Waals surface area contributed by atoms with Gasteiger partial charge in [-0.3, -0.25) is 4.99 Å². The Morgan fingerprint density at radius 2 is 2.00 bits per heavy atom. The smallest absolute Gasteiger partial charge is 0.185 e. The van der Waals surface area contributed by atoms with Crippen LogP contribution in [0.1, 0.15) is 24.8 Å². The molecule has 1 heterocycles. The molecule has 0 spiro atoms. The summed E-state index contributed by atoms with van der Waals surface area (Å²) in [5.74, 6) is 1.50. The third kappa shape index (κ3) is 4.53. The zero-order valence-corrected chi connectivity index (χ0v) is 11.3. The van der Waals surface area contributed by atoms with Crippen molar-refractivity contribution in [3.8, 4) is 0 Å². The maximum Gasteiger partial charge on any atom is 0.185 e. The van der Waals surface area contributed by atoms with E-state index in [1.807, 2.05) is 0 Å². The zero-order valence-electron chi connectivity index (χ0n) is 10.5. The number of rotatable bonds is 6. The van der Waals surface area contributed by atoms with Gasteiger partial charge in [-0.2, -0.15) is 0 Å². The van der Waals surface area contributed by atoms with Gasteiger partial charge in [-0.05, 0) is 24.8 Å². The van der Waals surface area contributed by atoms with Gasteiger partial charge in [0.25, 0.3) is 0 Å². The number of amidine groups is 2. The molecule has 4 heteroatoms. The van der Waals surface area contributed by atoms with Crippen molar-refractivity contribution in [2.75, 3.05) is 12.3 Å². The second-order valence-electron chi connectivity index (χ2n) is 4.35. The molecular weight excluding hydrogens is 242 g/mol. The molecule has 0 saturated carbocycles. The minimum Gasteiger partial charge on any atom is -0.386 e. The van der Waals surface area contributed by atoms with E-state index in [0.29, 0.717) is 5.84 Å². The molecule has 1 aromatic carbocycles. The van der Waals surface area contributed by atoms with Crippen molar-refractivity contribution in [1.82, 2.24) is 0 Å². The van der Waals surface area contributed by atoms with Crippen LogP contribution in [0.15, 0.2) is 40.3 Å². The predicted molar refractivity (Wildman–Crippen MR) is 80.4 cm³/mol. The third-order valence-electron chi connectivity index (χ3n) is 2.80. The molecule has 0 saturated heterocycles. The summed E-state index contributed by atoms with van der Waals surface area (Å²) < 4.78 is 0. The van der Waals surface area contributed by atoms with Crippen LogP contribution in [0.5, 0.6) is 0 Å². The fourth-order valence-corrected chi connectivity index (χ4v) is 2.55. The van der Waals surface area contributed by atoms with Crippen molar-refractivity contribution in [3.63, 3.8) is 0 Å². The lowest BCUT2D eigenvalue weighted by atomic mass is 10.1. The van der Waals surface area contributed by atoms with Crippen LogP contribution in [0, 0.1) is 0 Å². The molecule has 2 rings (SSSR count). The summed E-state index contributed by atoms with van der Waals surface area (Å²) in [7, 11) is 0.